The number of hydrogen-bond donors (Lipinski definition) is 0. The molecule has 1 heterocycles. The third-order valence-corrected chi connectivity index (χ3v) is 7.58. The van der Waals surface area contributed by atoms with Gasteiger partial charge < -0.3 is 14.5 Å². The molecule has 2 atom stereocenters. The second-order valence-corrected chi connectivity index (χ2v) is 10.9. The van der Waals surface area contributed by atoms with E-state index in [4.69, 9.17) is 11.6 Å². The molecule has 11 heteroatoms. The molecule has 0 spiro atoms. The summed E-state index contributed by atoms with van der Waals surface area (Å²) in [6.45, 7) is 0.264. The maximum atomic E-state index is 12.8. The lowest BCUT2D eigenvalue weighted by atomic mass is 10.2. The lowest BCUT2D eigenvalue weighted by Crippen LogP contribution is -2.47. The van der Waals surface area contributed by atoms with E-state index in [1.165, 1.54) is 29.0 Å². The molecule has 148 valence electrons. The smallest absolute Gasteiger partial charge is 0.406 e. The summed E-state index contributed by atoms with van der Waals surface area (Å²) < 4.78 is 40.4. The SMILES string of the molecule is CN(C(=O)C1(Cl)CC1(Br)Br)C1CCN(c2cccc(OC(F)(F)F)c2)C1=O. The van der Waals surface area contributed by atoms with Crippen molar-refractivity contribution in [2.24, 2.45) is 0 Å². The van der Waals surface area contributed by atoms with Crippen molar-refractivity contribution in [3.8, 4) is 5.75 Å². The van der Waals surface area contributed by atoms with E-state index in [1.807, 2.05) is 0 Å². The zero-order valence-electron chi connectivity index (χ0n) is 13.9. The van der Waals surface area contributed by atoms with Gasteiger partial charge in [-0.3, -0.25) is 9.59 Å². The largest absolute Gasteiger partial charge is 0.573 e. The highest BCUT2D eigenvalue weighted by atomic mass is 79.9. The Balaban J connectivity index is 1.74. The van der Waals surface area contributed by atoms with Gasteiger partial charge in [0.15, 0.2) is 4.87 Å². The Morgan fingerprint density at radius 2 is 2.04 bits per heavy atom. The third kappa shape index (κ3) is 3.93. The van der Waals surface area contributed by atoms with Crippen LogP contribution < -0.4 is 9.64 Å². The zero-order valence-corrected chi connectivity index (χ0v) is 17.8. The number of halogens is 6. The molecule has 2 unspecified atom stereocenters. The highest BCUT2D eigenvalue weighted by molar-refractivity contribution is 9.25. The molecule has 2 amide bonds. The van der Waals surface area contributed by atoms with Crippen molar-refractivity contribution in [1.82, 2.24) is 4.90 Å². The number of ether oxygens (including phenoxy) is 1. The first-order chi connectivity index (χ1) is 12.4. The lowest BCUT2D eigenvalue weighted by Gasteiger charge is -2.26. The van der Waals surface area contributed by atoms with Crippen LogP contribution in [0.15, 0.2) is 24.3 Å². The number of rotatable bonds is 4. The number of carbonyl (C=O) groups is 2. The zero-order chi connectivity index (χ0) is 20.2. The molecule has 0 N–H and O–H groups in total. The molecule has 27 heavy (non-hydrogen) atoms. The van der Waals surface area contributed by atoms with E-state index in [2.05, 4.69) is 36.6 Å². The Morgan fingerprint density at radius 3 is 2.59 bits per heavy atom. The van der Waals surface area contributed by atoms with Crippen molar-refractivity contribution in [2.75, 3.05) is 18.5 Å². The fourth-order valence-corrected chi connectivity index (χ4v) is 4.88. The van der Waals surface area contributed by atoms with Crippen LogP contribution in [0.2, 0.25) is 0 Å². The van der Waals surface area contributed by atoms with Gasteiger partial charge in [0.25, 0.3) is 0 Å². The van der Waals surface area contributed by atoms with Crippen molar-refractivity contribution >= 4 is 61.0 Å². The number of amides is 2. The van der Waals surface area contributed by atoms with Crippen LogP contribution in [0, 0.1) is 0 Å². The van der Waals surface area contributed by atoms with Crippen LogP contribution in [0.25, 0.3) is 0 Å². The molecule has 3 rings (SSSR count). The van der Waals surface area contributed by atoms with E-state index < -0.39 is 32.2 Å². The quantitative estimate of drug-likeness (QED) is 0.549. The molecule has 2 aliphatic rings. The first-order valence-electron chi connectivity index (χ1n) is 7.87. The van der Waals surface area contributed by atoms with Gasteiger partial charge in [0.1, 0.15) is 15.0 Å². The van der Waals surface area contributed by atoms with Gasteiger partial charge in [-0.2, -0.15) is 0 Å². The Morgan fingerprint density at radius 1 is 1.41 bits per heavy atom. The van der Waals surface area contributed by atoms with Gasteiger partial charge in [-0.15, -0.1) is 24.8 Å². The first-order valence-corrected chi connectivity index (χ1v) is 9.83. The van der Waals surface area contributed by atoms with Crippen LogP contribution >= 0.6 is 43.5 Å². The summed E-state index contributed by atoms with van der Waals surface area (Å²) >= 11 is 12.9. The van der Waals surface area contributed by atoms with E-state index >= 15 is 0 Å². The Bertz CT molecular complexity index is 792. The molecule has 0 aromatic heterocycles. The second-order valence-electron chi connectivity index (χ2n) is 6.44. The van der Waals surface area contributed by atoms with Crippen LogP contribution in [-0.4, -0.2) is 50.8 Å². The van der Waals surface area contributed by atoms with Crippen molar-refractivity contribution in [3.63, 3.8) is 0 Å². The number of carbonyl (C=O) groups excluding carboxylic acids is 2. The number of benzene rings is 1. The molecule has 1 saturated heterocycles. The van der Waals surface area contributed by atoms with E-state index in [0.717, 1.165) is 12.1 Å². The van der Waals surface area contributed by atoms with Gasteiger partial charge in [0, 0.05) is 31.8 Å². The average molecular weight is 535 g/mol. The highest BCUT2D eigenvalue weighted by Crippen LogP contribution is 2.64. The van der Waals surface area contributed by atoms with Gasteiger partial charge >= 0.3 is 6.36 Å². The van der Waals surface area contributed by atoms with Gasteiger partial charge in [0.2, 0.25) is 11.8 Å². The Labute approximate surface area is 175 Å². The molecule has 5 nitrogen and oxygen atoms in total. The predicted molar refractivity (Wildman–Crippen MR) is 100 cm³/mol. The molecule has 0 bridgehead atoms. The van der Waals surface area contributed by atoms with Crippen LogP contribution in [0.5, 0.6) is 5.75 Å². The summed E-state index contributed by atoms with van der Waals surface area (Å²) in [5, 5.41) is 0. The molecule has 1 aliphatic carbocycles. The number of likely N-dealkylation sites (N-methyl/N-ethyl adjacent to an activating group) is 1. The van der Waals surface area contributed by atoms with Gasteiger partial charge in [-0.1, -0.05) is 37.9 Å². The molecular formula is C16H14Br2ClF3N2O3. The minimum Gasteiger partial charge on any atom is -0.406 e. The number of anilines is 1. The van der Waals surface area contributed by atoms with Crippen LogP contribution in [0.1, 0.15) is 12.8 Å². The number of hydrogen-bond acceptors (Lipinski definition) is 3. The minimum absolute atomic E-state index is 0.264. The van der Waals surface area contributed by atoms with E-state index in [9.17, 15) is 22.8 Å². The van der Waals surface area contributed by atoms with Crippen LogP contribution in [0.3, 0.4) is 0 Å². The molecule has 1 aromatic carbocycles. The predicted octanol–water partition coefficient (Wildman–Crippen LogP) is 4.02. The molecular weight excluding hydrogens is 520 g/mol. The highest BCUT2D eigenvalue weighted by Gasteiger charge is 2.70. The average Bonchev–Trinajstić information content (AvgIpc) is 2.87. The normalized spacial score (nSPS) is 26.9. The maximum absolute atomic E-state index is 12.8. The fraction of sp³-hybridized carbons (Fsp3) is 0.500. The van der Waals surface area contributed by atoms with E-state index in [1.54, 1.807) is 0 Å². The van der Waals surface area contributed by atoms with Crippen molar-refractivity contribution < 1.29 is 27.5 Å². The topological polar surface area (TPSA) is 49.9 Å². The molecule has 1 aromatic rings. The number of nitrogens with zero attached hydrogens (tertiary/aromatic N) is 2. The monoisotopic (exact) mass is 532 g/mol. The van der Waals surface area contributed by atoms with E-state index in [0.29, 0.717) is 12.8 Å². The summed E-state index contributed by atoms with van der Waals surface area (Å²) in [6, 6.07) is 4.43. The molecule has 1 saturated carbocycles. The summed E-state index contributed by atoms with van der Waals surface area (Å²) in [5.41, 5.74) is 0.271. The third-order valence-electron chi connectivity index (χ3n) is 4.59. The van der Waals surface area contributed by atoms with Gasteiger partial charge in [0.05, 0.1) is 0 Å². The second kappa shape index (κ2) is 6.81. The van der Waals surface area contributed by atoms with Crippen LogP contribution in [-0.2, 0) is 9.59 Å². The summed E-state index contributed by atoms with van der Waals surface area (Å²) in [5.74, 6) is -1.19. The standard InChI is InChI=1S/C16H14Br2ClF3N2O3/c1-23(13(26)14(19)8-15(14,17)18)11-5-6-24(12(11)25)9-3-2-4-10(7-9)27-16(20,21)22/h2-4,7,11H,5-6,8H2,1H3. The maximum Gasteiger partial charge on any atom is 0.573 e. The molecule has 0 radical (unpaired) electrons. The van der Waals surface area contributed by atoms with Crippen molar-refractivity contribution in [1.29, 1.82) is 0 Å². The lowest BCUT2D eigenvalue weighted by molar-refractivity contribution is -0.274. The molecule has 2 fully saturated rings. The summed E-state index contributed by atoms with van der Waals surface area (Å²) in [7, 11) is 1.50. The Kier molecular flexibility index (Phi) is 5.22. The molecule has 1 aliphatic heterocycles. The van der Waals surface area contributed by atoms with Crippen molar-refractivity contribution in [2.45, 2.75) is 33.4 Å². The summed E-state index contributed by atoms with van der Waals surface area (Å²) in [4.78, 5) is 26.9. The van der Waals surface area contributed by atoms with E-state index in [-0.39, 0.29) is 18.1 Å². The van der Waals surface area contributed by atoms with Gasteiger partial charge in [-0.05, 0) is 18.6 Å². The Hall–Kier alpha value is -1.00. The van der Waals surface area contributed by atoms with Crippen molar-refractivity contribution in [3.05, 3.63) is 24.3 Å². The number of alkyl halides is 6. The fourth-order valence-electron chi connectivity index (χ4n) is 3.04. The van der Waals surface area contributed by atoms with Gasteiger partial charge in [-0.25, -0.2) is 0 Å². The first kappa shape index (κ1) is 20.7. The minimum atomic E-state index is -4.82. The van der Waals surface area contributed by atoms with Crippen LogP contribution in [0.4, 0.5) is 18.9 Å². The summed E-state index contributed by atoms with van der Waals surface area (Å²) in [6.07, 6.45) is -4.11.